The van der Waals surface area contributed by atoms with Gasteiger partial charge in [0.05, 0.1) is 35.9 Å². The van der Waals surface area contributed by atoms with Crippen molar-refractivity contribution < 1.29 is 23.5 Å². The Morgan fingerprint density at radius 1 is 1.00 bits per heavy atom. The lowest BCUT2D eigenvalue weighted by molar-refractivity contribution is -0.110. The van der Waals surface area contributed by atoms with Crippen LogP contribution in [0.25, 0.3) is 11.6 Å². The van der Waals surface area contributed by atoms with E-state index in [-0.39, 0.29) is 23.6 Å². The number of hydrogen-bond acceptors (Lipinski definition) is 6. The Labute approximate surface area is 248 Å². The van der Waals surface area contributed by atoms with Gasteiger partial charge in [-0.15, -0.1) is 0 Å². The maximum Gasteiger partial charge on any atom is 0.258 e. The highest BCUT2D eigenvalue weighted by atomic mass is 19.2. The Bertz CT molecular complexity index is 1990. The number of benzene rings is 3. The zero-order valence-corrected chi connectivity index (χ0v) is 22.8. The van der Waals surface area contributed by atoms with Crippen LogP contribution >= 0.6 is 0 Å². The lowest BCUT2D eigenvalue weighted by Gasteiger charge is -2.16. The molecule has 1 aliphatic rings. The predicted molar refractivity (Wildman–Crippen MR) is 161 cm³/mol. The molecule has 0 bridgehead atoms. The summed E-state index contributed by atoms with van der Waals surface area (Å²) < 4.78 is 28.2. The number of nitrogens with one attached hydrogen (secondary N) is 4. The van der Waals surface area contributed by atoms with Gasteiger partial charge in [0.25, 0.3) is 17.4 Å². The van der Waals surface area contributed by atoms with Crippen LogP contribution in [-0.2, 0) is 11.3 Å². The minimum Gasteiger partial charge on any atom is -0.369 e. The third kappa shape index (κ3) is 5.87. The first-order chi connectivity index (χ1) is 21.2. The number of aliphatic hydroxyl groups is 1. The van der Waals surface area contributed by atoms with Crippen molar-refractivity contribution in [3.63, 3.8) is 0 Å². The summed E-state index contributed by atoms with van der Waals surface area (Å²) in [4.78, 5) is 45.6. The Kier molecular flexibility index (Phi) is 7.56. The molecule has 1 atom stereocenters. The summed E-state index contributed by atoms with van der Waals surface area (Å²) in [5.41, 5.74) is 3.28. The van der Waals surface area contributed by atoms with E-state index >= 15 is 0 Å². The van der Waals surface area contributed by atoms with Crippen molar-refractivity contribution >= 4 is 40.5 Å². The molecule has 0 radical (unpaired) electrons. The van der Waals surface area contributed by atoms with Gasteiger partial charge in [0.2, 0.25) is 0 Å². The van der Waals surface area contributed by atoms with E-state index in [9.17, 15) is 28.3 Å². The van der Waals surface area contributed by atoms with Gasteiger partial charge in [0.1, 0.15) is 0 Å². The monoisotopic (exact) mass is 594 g/mol. The number of rotatable bonds is 8. The predicted octanol–water partition coefficient (Wildman–Crippen LogP) is 4.75. The van der Waals surface area contributed by atoms with Gasteiger partial charge in [-0.3, -0.25) is 14.4 Å². The second-order valence-electron chi connectivity index (χ2n) is 10.0. The molecule has 5 N–H and O–H groups in total. The number of fused-ring (bicyclic) bond motifs is 1. The fraction of sp³-hybridized carbons (Fsp3) is 0.0625. The van der Waals surface area contributed by atoms with Gasteiger partial charge in [-0.2, -0.15) is 0 Å². The van der Waals surface area contributed by atoms with Crippen molar-refractivity contribution in [2.24, 2.45) is 0 Å². The molecule has 0 saturated heterocycles. The Morgan fingerprint density at radius 2 is 1.86 bits per heavy atom. The number of H-pyrrole nitrogens is 1. The molecule has 10 nitrogen and oxygen atoms in total. The van der Waals surface area contributed by atoms with Crippen molar-refractivity contribution in [3.05, 3.63) is 141 Å². The number of carbonyl (C=O) groups excluding carboxylic acids is 2. The fourth-order valence-corrected chi connectivity index (χ4v) is 4.82. The zero-order valence-electron chi connectivity index (χ0n) is 22.8. The van der Waals surface area contributed by atoms with E-state index in [2.05, 4.69) is 25.9 Å². The first-order valence-corrected chi connectivity index (χ1v) is 13.4. The quantitative estimate of drug-likeness (QED) is 0.130. The Morgan fingerprint density at radius 3 is 2.66 bits per heavy atom. The number of amides is 2. The molecule has 3 heterocycles. The number of carbonyl (C=O) groups is 2. The number of pyridine rings is 1. The third-order valence-corrected chi connectivity index (χ3v) is 6.99. The highest BCUT2D eigenvalue weighted by Gasteiger charge is 2.25. The molecule has 44 heavy (non-hydrogen) atoms. The molecule has 6 rings (SSSR count). The number of aromatic amines is 1. The van der Waals surface area contributed by atoms with Crippen LogP contribution in [-0.4, -0.2) is 31.5 Å². The Hall–Kier alpha value is -5.88. The number of aliphatic hydroxyl groups excluding tert-OH is 1. The second kappa shape index (κ2) is 11.8. The second-order valence-corrected chi connectivity index (χ2v) is 10.0. The summed E-state index contributed by atoms with van der Waals surface area (Å²) in [6.45, 7) is -0.0282. The van der Waals surface area contributed by atoms with Crippen molar-refractivity contribution in [2.45, 2.75) is 12.8 Å². The smallest absolute Gasteiger partial charge is 0.258 e. The Balaban J connectivity index is 1.16. The standard InChI is InChI=1S/C32H24F2N6O4/c33-26-8-6-18(11-27(26)34)16-40-10-2-5-23(32(40)44)30(42)38-20-4-1-3-19(12-20)29(41)37-21-7-9-28-24(13-21)25(31(43)39-28)14-22-15-35-17-36-22/h1-15,17,30,38,42H,16H2,(H,35,36)(H,37,41)(H,39,43)/b25-14-. The average Bonchev–Trinajstić information content (AvgIpc) is 3.64. The molecule has 0 saturated carbocycles. The SMILES string of the molecule is O=C1Nc2ccc(NC(=O)c3cccc(NC(O)c4cccn(Cc5ccc(F)c(F)c5)c4=O)c3)cc2/C1=C/c1cnc[nH]1. The number of halogens is 2. The molecular weight excluding hydrogens is 570 g/mol. The van der Waals surface area contributed by atoms with Crippen molar-refractivity contribution in [3.8, 4) is 0 Å². The first kappa shape index (κ1) is 28.2. The van der Waals surface area contributed by atoms with Crippen LogP contribution in [0.2, 0.25) is 0 Å². The van der Waals surface area contributed by atoms with Gasteiger partial charge in [-0.1, -0.05) is 12.1 Å². The molecule has 0 fully saturated rings. The summed E-state index contributed by atoms with van der Waals surface area (Å²) in [5.74, 6) is -2.72. The van der Waals surface area contributed by atoms with Crippen LogP contribution in [0.5, 0.6) is 0 Å². The molecule has 2 amide bonds. The maximum atomic E-state index is 13.6. The number of imidazole rings is 1. The summed E-state index contributed by atoms with van der Waals surface area (Å²) in [6, 6.07) is 17.8. The minimum absolute atomic E-state index is 0.0187. The van der Waals surface area contributed by atoms with Crippen LogP contribution < -0.4 is 21.5 Å². The van der Waals surface area contributed by atoms with E-state index < -0.39 is 29.3 Å². The third-order valence-electron chi connectivity index (χ3n) is 6.99. The minimum atomic E-state index is -1.43. The number of hydrogen-bond donors (Lipinski definition) is 5. The molecule has 1 unspecified atom stereocenters. The highest BCUT2D eigenvalue weighted by Crippen LogP contribution is 2.35. The van der Waals surface area contributed by atoms with Gasteiger partial charge < -0.3 is 30.6 Å². The first-order valence-electron chi connectivity index (χ1n) is 13.4. The molecule has 3 aromatic carbocycles. The molecule has 220 valence electrons. The van der Waals surface area contributed by atoms with E-state index in [0.717, 1.165) is 12.1 Å². The molecule has 0 spiro atoms. The summed E-state index contributed by atoms with van der Waals surface area (Å²) in [5, 5.41) is 19.3. The van der Waals surface area contributed by atoms with Crippen LogP contribution in [0.1, 0.15) is 39.0 Å². The largest absolute Gasteiger partial charge is 0.369 e. The average molecular weight is 595 g/mol. The van der Waals surface area contributed by atoms with Gasteiger partial charge in [0, 0.05) is 34.4 Å². The van der Waals surface area contributed by atoms with Crippen LogP contribution in [0.15, 0.2) is 96.3 Å². The lowest BCUT2D eigenvalue weighted by Crippen LogP contribution is -2.27. The molecular formula is C32H24F2N6O4. The highest BCUT2D eigenvalue weighted by molar-refractivity contribution is 6.35. The lowest BCUT2D eigenvalue weighted by atomic mass is 10.1. The van der Waals surface area contributed by atoms with E-state index in [1.54, 1.807) is 54.7 Å². The van der Waals surface area contributed by atoms with E-state index in [1.165, 1.54) is 35.3 Å². The van der Waals surface area contributed by atoms with Crippen LogP contribution in [0, 0.1) is 11.6 Å². The van der Waals surface area contributed by atoms with Crippen molar-refractivity contribution in [1.82, 2.24) is 14.5 Å². The van der Waals surface area contributed by atoms with Crippen LogP contribution in [0.3, 0.4) is 0 Å². The van der Waals surface area contributed by atoms with Gasteiger partial charge in [-0.05, 0) is 72.3 Å². The summed E-state index contributed by atoms with van der Waals surface area (Å²) in [6.07, 6.45) is 4.82. The molecule has 0 aliphatic carbocycles. The van der Waals surface area contributed by atoms with Gasteiger partial charge >= 0.3 is 0 Å². The normalized spacial score (nSPS) is 13.8. The molecule has 5 aromatic rings. The van der Waals surface area contributed by atoms with Crippen molar-refractivity contribution in [1.29, 1.82) is 0 Å². The fourth-order valence-electron chi connectivity index (χ4n) is 4.82. The van der Waals surface area contributed by atoms with Crippen molar-refractivity contribution in [2.75, 3.05) is 16.0 Å². The topological polar surface area (TPSA) is 141 Å². The molecule has 1 aliphatic heterocycles. The molecule has 12 heteroatoms. The van der Waals surface area contributed by atoms with E-state index in [0.29, 0.717) is 39.5 Å². The molecule has 2 aromatic heterocycles. The summed E-state index contributed by atoms with van der Waals surface area (Å²) >= 11 is 0. The number of anilines is 3. The zero-order chi connectivity index (χ0) is 30.8. The number of nitrogens with zero attached hydrogens (tertiary/aromatic N) is 2. The van der Waals surface area contributed by atoms with E-state index in [4.69, 9.17) is 0 Å². The van der Waals surface area contributed by atoms with Gasteiger partial charge in [0.15, 0.2) is 17.9 Å². The van der Waals surface area contributed by atoms with E-state index in [1.807, 2.05) is 0 Å². The van der Waals surface area contributed by atoms with Gasteiger partial charge in [-0.25, -0.2) is 13.8 Å². The summed E-state index contributed by atoms with van der Waals surface area (Å²) in [7, 11) is 0. The van der Waals surface area contributed by atoms with Crippen LogP contribution in [0.4, 0.5) is 25.8 Å². The maximum absolute atomic E-state index is 13.6. The number of aromatic nitrogens is 3.